The first-order valence-electron chi connectivity index (χ1n) is 6.67. The molecule has 0 aliphatic heterocycles. The van der Waals surface area contributed by atoms with Crippen molar-refractivity contribution in [3.63, 3.8) is 0 Å². The number of nitrogens with one attached hydrogen (secondary N) is 1. The lowest BCUT2D eigenvalue weighted by Gasteiger charge is -2.16. The van der Waals surface area contributed by atoms with E-state index in [1.54, 1.807) is 18.3 Å². The van der Waals surface area contributed by atoms with Gasteiger partial charge in [-0.05, 0) is 24.5 Å². The van der Waals surface area contributed by atoms with Gasteiger partial charge in [-0.2, -0.15) is 0 Å². The Morgan fingerprint density at radius 3 is 2.74 bits per heavy atom. The Labute approximate surface area is 120 Å². The maximum absolute atomic E-state index is 12.0. The predicted octanol–water partition coefficient (Wildman–Crippen LogP) is 3.24. The van der Waals surface area contributed by atoms with Gasteiger partial charge in [0, 0.05) is 5.92 Å². The summed E-state index contributed by atoms with van der Waals surface area (Å²) < 4.78 is 0. The monoisotopic (exact) mass is 283 g/mol. The quantitative estimate of drug-likeness (QED) is 0.891. The molecular weight excluding hydrogens is 262 g/mol. The lowest BCUT2D eigenvalue weighted by atomic mass is 9.94. The van der Waals surface area contributed by atoms with Gasteiger partial charge in [-0.15, -0.1) is 12.4 Å². The van der Waals surface area contributed by atoms with Crippen LogP contribution in [-0.4, -0.2) is 10.9 Å². The second-order valence-corrected chi connectivity index (χ2v) is 5.25. The summed E-state index contributed by atoms with van der Waals surface area (Å²) in [6, 6.07) is 3.47. The van der Waals surface area contributed by atoms with Crippen molar-refractivity contribution in [2.24, 2.45) is 11.8 Å². The minimum atomic E-state index is 0. The molecule has 3 N–H and O–H groups in total. The molecule has 19 heavy (non-hydrogen) atoms. The number of carbonyl (C=O) groups is 1. The molecule has 1 fully saturated rings. The minimum Gasteiger partial charge on any atom is -0.384 e. The molecule has 1 heterocycles. The first-order chi connectivity index (χ1) is 8.65. The van der Waals surface area contributed by atoms with Crippen molar-refractivity contribution in [2.45, 2.75) is 39.0 Å². The van der Waals surface area contributed by atoms with Crippen molar-refractivity contribution in [3.8, 4) is 0 Å². The molecule has 5 heteroatoms. The van der Waals surface area contributed by atoms with Gasteiger partial charge >= 0.3 is 0 Å². The number of nitrogens with zero attached hydrogens (tertiary/aromatic N) is 1. The zero-order valence-corrected chi connectivity index (χ0v) is 12.1. The van der Waals surface area contributed by atoms with E-state index >= 15 is 0 Å². The van der Waals surface area contributed by atoms with Gasteiger partial charge in [-0.25, -0.2) is 4.98 Å². The number of hydrogen-bond donors (Lipinski definition) is 2. The molecule has 1 unspecified atom stereocenters. The van der Waals surface area contributed by atoms with Crippen molar-refractivity contribution in [2.75, 3.05) is 11.1 Å². The molecule has 1 saturated carbocycles. The molecule has 1 aromatic heterocycles. The van der Waals surface area contributed by atoms with E-state index in [0.717, 1.165) is 12.3 Å². The number of hydrogen-bond acceptors (Lipinski definition) is 3. The van der Waals surface area contributed by atoms with Gasteiger partial charge in [0.1, 0.15) is 5.82 Å². The number of nitrogens with two attached hydrogens (primary N) is 1. The fraction of sp³-hybridized carbons (Fsp3) is 0.571. The van der Waals surface area contributed by atoms with Crippen LogP contribution in [0.25, 0.3) is 0 Å². The van der Waals surface area contributed by atoms with Crippen LogP contribution in [-0.2, 0) is 4.79 Å². The van der Waals surface area contributed by atoms with Gasteiger partial charge in [0.05, 0.1) is 11.9 Å². The Bertz CT molecular complexity index is 402. The van der Waals surface area contributed by atoms with Gasteiger partial charge < -0.3 is 11.1 Å². The zero-order chi connectivity index (χ0) is 13.0. The van der Waals surface area contributed by atoms with Crippen LogP contribution in [0.4, 0.5) is 11.5 Å². The van der Waals surface area contributed by atoms with Gasteiger partial charge in [-0.3, -0.25) is 4.79 Å². The normalized spacial score (nSPS) is 16.7. The molecule has 1 aliphatic rings. The Hall–Kier alpha value is -1.29. The topological polar surface area (TPSA) is 68.0 Å². The van der Waals surface area contributed by atoms with Crippen molar-refractivity contribution in [1.82, 2.24) is 4.98 Å². The summed E-state index contributed by atoms with van der Waals surface area (Å²) in [6.45, 7) is 2.00. The molecule has 4 nitrogen and oxygen atoms in total. The number of nitrogen functional groups attached to an aromatic ring is 1. The molecule has 0 radical (unpaired) electrons. The third kappa shape index (κ3) is 4.71. The fourth-order valence-corrected chi connectivity index (χ4v) is 2.60. The van der Waals surface area contributed by atoms with Crippen LogP contribution in [0.2, 0.25) is 0 Å². The lowest BCUT2D eigenvalue weighted by molar-refractivity contribution is -0.119. The first-order valence-corrected chi connectivity index (χ1v) is 6.67. The smallest absolute Gasteiger partial charge is 0.227 e. The summed E-state index contributed by atoms with van der Waals surface area (Å²) >= 11 is 0. The van der Waals surface area contributed by atoms with Crippen molar-refractivity contribution in [3.05, 3.63) is 18.3 Å². The molecule has 0 saturated heterocycles. The summed E-state index contributed by atoms with van der Waals surface area (Å²) in [5.74, 6) is 1.33. The third-order valence-electron chi connectivity index (χ3n) is 3.66. The number of halogens is 1. The highest BCUT2D eigenvalue weighted by Gasteiger charge is 2.21. The number of rotatable bonds is 4. The second kappa shape index (κ2) is 7.34. The van der Waals surface area contributed by atoms with E-state index in [1.165, 1.54) is 25.7 Å². The highest BCUT2D eigenvalue weighted by molar-refractivity contribution is 5.92. The van der Waals surface area contributed by atoms with Crippen LogP contribution < -0.4 is 11.1 Å². The Morgan fingerprint density at radius 1 is 1.47 bits per heavy atom. The van der Waals surface area contributed by atoms with Crippen molar-refractivity contribution >= 4 is 29.8 Å². The molecule has 0 spiro atoms. The van der Waals surface area contributed by atoms with E-state index in [4.69, 9.17) is 5.73 Å². The number of carbonyl (C=O) groups excluding carboxylic acids is 1. The molecule has 1 atom stereocenters. The minimum absolute atomic E-state index is 0. The van der Waals surface area contributed by atoms with Crippen LogP contribution >= 0.6 is 12.4 Å². The maximum atomic E-state index is 12.0. The molecule has 0 bridgehead atoms. The first kappa shape index (κ1) is 15.8. The average molecular weight is 284 g/mol. The Balaban J connectivity index is 0.00000180. The van der Waals surface area contributed by atoms with E-state index in [1.807, 2.05) is 6.92 Å². The molecule has 106 valence electrons. The molecule has 1 aromatic rings. The van der Waals surface area contributed by atoms with Crippen LogP contribution in [0.5, 0.6) is 0 Å². The average Bonchev–Trinajstić information content (AvgIpc) is 2.85. The zero-order valence-electron chi connectivity index (χ0n) is 11.3. The molecular formula is C14H22ClN3O. The molecule has 0 aromatic carbocycles. The number of pyridine rings is 1. The molecule has 2 rings (SSSR count). The van der Waals surface area contributed by atoms with E-state index in [9.17, 15) is 4.79 Å². The number of aromatic nitrogens is 1. The van der Waals surface area contributed by atoms with Gasteiger partial charge in [0.25, 0.3) is 0 Å². The summed E-state index contributed by atoms with van der Waals surface area (Å²) in [5.41, 5.74) is 6.22. The van der Waals surface area contributed by atoms with E-state index in [-0.39, 0.29) is 24.2 Å². The highest BCUT2D eigenvalue weighted by atomic mass is 35.5. The van der Waals surface area contributed by atoms with Crippen molar-refractivity contribution < 1.29 is 4.79 Å². The van der Waals surface area contributed by atoms with Gasteiger partial charge in [0.2, 0.25) is 5.91 Å². The van der Waals surface area contributed by atoms with Crippen LogP contribution in [0, 0.1) is 11.8 Å². The van der Waals surface area contributed by atoms with Crippen LogP contribution in [0.3, 0.4) is 0 Å². The number of amides is 1. The fourth-order valence-electron chi connectivity index (χ4n) is 2.60. The number of anilines is 2. The highest BCUT2D eigenvalue weighted by Crippen LogP contribution is 2.30. The largest absolute Gasteiger partial charge is 0.384 e. The van der Waals surface area contributed by atoms with E-state index in [0.29, 0.717) is 11.5 Å². The summed E-state index contributed by atoms with van der Waals surface area (Å²) in [5, 5.41) is 2.89. The van der Waals surface area contributed by atoms with Crippen LogP contribution in [0.1, 0.15) is 39.0 Å². The maximum Gasteiger partial charge on any atom is 0.227 e. The van der Waals surface area contributed by atoms with E-state index in [2.05, 4.69) is 10.3 Å². The van der Waals surface area contributed by atoms with Gasteiger partial charge in [-0.1, -0.05) is 32.6 Å². The van der Waals surface area contributed by atoms with Crippen molar-refractivity contribution in [1.29, 1.82) is 0 Å². The summed E-state index contributed by atoms with van der Waals surface area (Å²) in [7, 11) is 0. The second-order valence-electron chi connectivity index (χ2n) is 5.25. The summed E-state index contributed by atoms with van der Waals surface area (Å²) in [6.07, 6.45) is 7.79. The van der Waals surface area contributed by atoms with E-state index < -0.39 is 0 Å². The standard InChI is InChI=1S/C14H21N3O.ClH/c1-10(8-11-4-2-3-5-11)14(18)17-12-6-7-13(15)16-9-12;/h6-7,9-11H,2-5,8H2,1H3,(H2,15,16)(H,17,18);1H. The Morgan fingerprint density at radius 2 is 2.16 bits per heavy atom. The SMILES string of the molecule is CC(CC1CCCC1)C(=O)Nc1ccc(N)nc1.Cl. The molecule has 1 amide bonds. The lowest BCUT2D eigenvalue weighted by Crippen LogP contribution is -2.22. The third-order valence-corrected chi connectivity index (χ3v) is 3.66. The summed E-state index contributed by atoms with van der Waals surface area (Å²) in [4.78, 5) is 16.0. The predicted molar refractivity (Wildman–Crippen MR) is 80.3 cm³/mol. The van der Waals surface area contributed by atoms with Gasteiger partial charge in [0.15, 0.2) is 0 Å². The molecule has 1 aliphatic carbocycles. The van der Waals surface area contributed by atoms with Crippen LogP contribution in [0.15, 0.2) is 18.3 Å². The Kier molecular flexibility index (Phi) is 6.09.